The molecule has 158 valence electrons. The van der Waals surface area contributed by atoms with Crippen molar-refractivity contribution in [2.45, 2.75) is 0 Å². The lowest BCUT2D eigenvalue weighted by Crippen LogP contribution is -2.12. The first kappa shape index (κ1) is 20.8. The Labute approximate surface area is 186 Å². The summed E-state index contributed by atoms with van der Waals surface area (Å²) in [4.78, 5) is 6.52. The summed E-state index contributed by atoms with van der Waals surface area (Å²) in [5.41, 5.74) is 8.64. The van der Waals surface area contributed by atoms with Crippen molar-refractivity contribution in [2.24, 2.45) is 0 Å². The zero-order valence-corrected chi connectivity index (χ0v) is 19.3. The van der Waals surface area contributed by atoms with Gasteiger partial charge < -0.3 is 14.7 Å². The van der Waals surface area contributed by atoms with Crippen LogP contribution >= 0.6 is 0 Å². The molecule has 0 amide bonds. The molecule has 0 aliphatic rings. The van der Waals surface area contributed by atoms with E-state index in [0.717, 1.165) is 0 Å². The summed E-state index contributed by atoms with van der Waals surface area (Å²) < 4.78 is 0. The maximum Gasteiger partial charge on any atom is 0.0526 e. The number of anilines is 3. The van der Waals surface area contributed by atoms with Gasteiger partial charge in [-0.05, 0) is 52.4 Å². The SMILES string of the molecule is CN(C)c1ccc(-c2cc3ccccc3c(N(C)C)c2-c2ccc(N(C)C)cc2)cc1. The highest BCUT2D eigenvalue weighted by atomic mass is 15.1. The van der Waals surface area contributed by atoms with Crippen molar-refractivity contribution in [3.05, 3.63) is 78.9 Å². The van der Waals surface area contributed by atoms with E-state index in [2.05, 4.69) is 136 Å². The molecule has 3 heteroatoms. The fourth-order valence-corrected chi connectivity index (χ4v) is 4.18. The Hall–Kier alpha value is -3.46. The Morgan fingerprint density at radius 3 is 1.55 bits per heavy atom. The molecule has 0 spiro atoms. The zero-order valence-electron chi connectivity index (χ0n) is 19.3. The van der Waals surface area contributed by atoms with Crippen LogP contribution < -0.4 is 14.7 Å². The standard InChI is InChI=1S/C28H31N3/c1-29(2)23-15-11-20(12-16-23)26-19-22-9-7-8-10-25(22)28(31(5)6)27(26)21-13-17-24(18-14-21)30(3)4/h7-19H,1-6H3. The number of benzene rings is 4. The lowest BCUT2D eigenvalue weighted by Gasteiger charge is -2.24. The molecular weight excluding hydrogens is 378 g/mol. The van der Waals surface area contributed by atoms with Crippen LogP contribution in [0.4, 0.5) is 17.1 Å². The fraction of sp³-hybridized carbons (Fsp3) is 0.214. The smallest absolute Gasteiger partial charge is 0.0526 e. The first-order valence-electron chi connectivity index (χ1n) is 10.7. The Morgan fingerprint density at radius 2 is 1.03 bits per heavy atom. The van der Waals surface area contributed by atoms with Crippen LogP contribution in [0.3, 0.4) is 0 Å². The predicted octanol–water partition coefficient (Wildman–Crippen LogP) is 6.37. The first-order chi connectivity index (χ1) is 14.9. The topological polar surface area (TPSA) is 9.72 Å². The van der Waals surface area contributed by atoms with Crippen molar-refractivity contribution < 1.29 is 0 Å². The average molecular weight is 410 g/mol. The molecule has 0 atom stereocenters. The quantitative estimate of drug-likeness (QED) is 0.379. The minimum atomic E-state index is 1.20. The Morgan fingerprint density at radius 1 is 0.516 bits per heavy atom. The van der Waals surface area contributed by atoms with Crippen LogP contribution in [0.5, 0.6) is 0 Å². The van der Waals surface area contributed by atoms with Crippen molar-refractivity contribution in [3.8, 4) is 22.3 Å². The molecule has 0 unspecified atom stereocenters. The molecule has 0 saturated heterocycles. The van der Waals surface area contributed by atoms with Gasteiger partial charge in [0.25, 0.3) is 0 Å². The van der Waals surface area contributed by atoms with E-state index in [0.29, 0.717) is 0 Å². The summed E-state index contributed by atoms with van der Waals surface area (Å²) in [6.07, 6.45) is 0. The number of nitrogens with zero attached hydrogens (tertiary/aromatic N) is 3. The van der Waals surface area contributed by atoms with Gasteiger partial charge in [-0.3, -0.25) is 0 Å². The molecule has 0 saturated carbocycles. The van der Waals surface area contributed by atoms with Crippen molar-refractivity contribution >= 4 is 27.8 Å². The highest BCUT2D eigenvalue weighted by Gasteiger charge is 2.18. The molecule has 0 aliphatic carbocycles. The van der Waals surface area contributed by atoms with Crippen LogP contribution in [0.15, 0.2) is 78.9 Å². The van der Waals surface area contributed by atoms with Crippen LogP contribution in [0.2, 0.25) is 0 Å². The Bertz CT molecular complexity index is 1190. The molecule has 0 fully saturated rings. The van der Waals surface area contributed by atoms with Crippen molar-refractivity contribution in [3.63, 3.8) is 0 Å². The molecule has 3 nitrogen and oxygen atoms in total. The van der Waals surface area contributed by atoms with E-state index < -0.39 is 0 Å². The third-order valence-corrected chi connectivity index (χ3v) is 5.84. The molecule has 0 bridgehead atoms. The molecule has 0 radical (unpaired) electrons. The lowest BCUT2D eigenvalue weighted by molar-refractivity contribution is 1.13. The fourth-order valence-electron chi connectivity index (χ4n) is 4.18. The van der Waals surface area contributed by atoms with Crippen LogP contribution in [0, 0.1) is 0 Å². The molecule has 31 heavy (non-hydrogen) atoms. The highest BCUT2D eigenvalue weighted by molar-refractivity contribution is 6.08. The van der Waals surface area contributed by atoms with Gasteiger partial charge in [-0.1, -0.05) is 48.5 Å². The summed E-state index contributed by atoms with van der Waals surface area (Å²) in [6.45, 7) is 0. The van der Waals surface area contributed by atoms with Gasteiger partial charge in [0, 0.05) is 64.6 Å². The van der Waals surface area contributed by atoms with E-state index in [4.69, 9.17) is 0 Å². The molecule has 0 aliphatic heterocycles. The summed E-state index contributed by atoms with van der Waals surface area (Å²) in [5.74, 6) is 0. The predicted molar refractivity (Wildman–Crippen MR) is 138 cm³/mol. The van der Waals surface area contributed by atoms with Gasteiger partial charge in [0.05, 0.1) is 5.69 Å². The normalized spacial score (nSPS) is 10.9. The molecule has 4 aromatic rings. The number of fused-ring (bicyclic) bond motifs is 1. The van der Waals surface area contributed by atoms with E-state index in [1.54, 1.807) is 0 Å². The highest BCUT2D eigenvalue weighted by Crippen LogP contribution is 2.44. The minimum Gasteiger partial charge on any atom is -0.378 e. The van der Waals surface area contributed by atoms with Crippen molar-refractivity contribution in [2.75, 3.05) is 57.0 Å². The maximum atomic E-state index is 2.34. The van der Waals surface area contributed by atoms with E-state index in [1.807, 2.05) is 0 Å². The number of hydrogen-bond acceptors (Lipinski definition) is 3. The van der Waals surface area contributed by atoms with E-state index in [9.17, 15) is 0 Å². The van der Waals surface area contributed by atoms with Crippen molar-refractivity contribution in [1.29, 1.82) is 0 Å². The first-order valence-corrected chi connectivity index (χ1v) is 10.7. The summed E-state index contributed by atoms with van der Waals surface area (Å²) in [5, 5.41) is 2.53. The van der Waals surface area contributed by atoms with Crippen LogP contribution in [0.25, 0.3) is 33.0 Å². The molecule has 0 heterocycles. The average Bonchev–Trinajstić information content (AvgIpc) is 2.77. The van der Waals surface area contributed by atoms with Gasteiger partial charge in [-0.25, -0.2) is 0 Å². The minimum absolute atomic E-state index is 1.20. The molecular formula is C28H31N3. The van der Waals surface area contributed by atoms with E-state index in [1.165, 1.54) is 50.1 Å². The van der Waals surface area contributed by atoms with Gasteiger partial charge in [-0.15, -0.1) is 0 Å². The largest absolute Gasteiger partial charge is 0.378 e. The third kappa shape index (κ3) is 3.96. The molecule has 4 rings (SSSR count). The third-order valence-electron chi connectivity index (χ3n) is 5.84. The van der Waals surface area contributed by atoms with Crippen LogP contribution in [-0.4, -0.2) is 42.3 Å². The Balaban J connectivity index is 2.03. The second kappa shape index (κ2) is 8.35. The van der Waals surface area contributed by atoms with E-state index >= 15 is 0 Å². The summed E-state index contributed by atoms with van der Waals surface area (Å²) in [7, 11) is 12.6. The molecule has 0 N–H and O–H groups in total. The van der Waals surface area contributed by atoms with Gasteiger partial charge in [0.1, 0.15) is 0 Å². The van der Waals surface area contributed by atoms with Gasteiger partial charge in [-0.2, -0.15) is 0 Å². The van der Waals surface area contributed by atoms with Gasteiger partial charge >= 0.3 is 0 Å². The molecule has 0 aromatic heterocycles. The van der Waals surface area contributed by atoms with Crippen LogP contribution in [0.1, 0.15) is 0 Å². The van der Waals surface area contributed by atoms with Gasteiger partial charge in [0.2, 0.25) is 0 Å². The Kier molecular flexibility index (Phi) is 5.60. The number of hydrogen-bond donors (Lipinski definition) is 0. The van der Waals surface area contributed by atoms with Gasteiger partial charge in [0.15, 0.2) is 0 Å². The summed E-state index contributed by atoms with van der Waals surface area (Å²) >= 11 is 0. The summed E-state index contributed by atoms with van der Waals surface area (Å²) in [6, 6.07) is 28.7. The number of rotatable bonds is 5. The monoisotopic (exact) mass is 409 g/mol. The maximum absolute atomic E-state index is 2.34. The lowest BCUT2D eigenvalue weighted by atomic mass is 9.89. The second-order valence-corrected chi connectivity index (χ2v) is 8.65. The van der Waals surface area contributed by atoms with Crippen molar-refractivity contribution in [1.82, 2.24) is 0 Å². The van der Waals surface area contributed by atoms with Crippen LogP contribution in [-0.2, 0) is 0 Å². The second-order valence-electron chi connectivity index (χ2n) is 8.65. The molecule has 4 aromatic carbocycles. The van der Waals surface area contributed by atoms with E-state index in [-0.39, 0.29) is 0 Å². The zero-order chi connectivity index (χ0) is 22.1.